The number of aromatic nitrogens is 1. The number of carbonyl (C=O) groups is 1. The molecular weight excluding hydrogens is 548 g/mol. The summed E-state index contributed by atoms with van der Waals surface area (Å²) < 4.78 is 17.1. The van der Waals surface area contributed by atoms with Crippen molar-refractivity contribution in [2.45, 2.75) is 129 Å². The fourth-order valence-corrected chi connectivity index (χ4v) is 11.0. The third-order valence-corrected chi connectivity index (χ3v) is 13.4. The highest BCUT2D eigenvalue weighted by Crippen LogP contribution is 2.68. The average molecular weight is 611 g/mol. The summed E-state index contributed by atoms with van der Waals surface area (Å²) in [6.07, 6.45) is 20.3. The van der Waals surface area contributed by atoms with E-state index >= 15 is 0 Å². The van der Waals surface area contributed by atoms with Crippen LogP contribution in [0.4, 0.5) is 0 Å². The summed E-state index contributed by atoms with van der Waals surface area (Å²) in [5.74, 6) is 3.95. The molecule has 248 valence electrons. The quantitative estimate of drug-likeness (QED) is 0.123. The molecule has 0 amide bonds. The summed E-state index contributed by atoms with van der Waals surface area (Å²) in [6.45, 7) is 9.20. The van der Waals surface area contributed by atoms with E-state index in [2.05, 4.69) is 43.2 Å². The Hall–Kier alpha value is -1.50. The van der Waals surface area contributed by atoms with E-state index in [-0.39, 0.29) is 5.97 Å². The zero-order valence-electron chi connectivity index (χ0n) is 28.5. The smallest absolute Gasteiger partial charge is 0.305 e. The second-order valence-electron chi connectivity index (χ2n) is 15.6. The lowest BCUT2D eigenvalue weighted by Gasteiger charge is -2.63. The first kappa shape index (κ1) is 33.9. The molecule has 0 saturated heterocycles. The van der Waals surface area contributed by atoms with E-state index in [4.69, 9.17) is 14.2 Å². The van der Waals surface area contributed by atoms with E-state index in [1.807, 2.05) is 12.3 Å². The van der Waals surface area contributed by atoms with Crippen LogP contribution in [0.5, 0.6) is 0 Å². The molecule has 4 aliphatic carbocycles. The molecule has 4 aliphatic rings. The van der Waals surface area contributed by atoms with Crippen molar-refractivity contribution < 1.29 is 19.0 Å². The first-order valence-electron chi connectivity index (χ1n) is 18.1. The van der Waals surface area contributed by atoms with Crippen molar-refractivity contribution in [1.82, 2.24) is 10.3 Å². The Morgan fingerprint density at radius 3 is 2.57 bits per heavy atom. The van der Waals surface area contributed by atoms with Crippen molar-refractivity contribution in [3.63, 3.8) is 0 Å². The number of pyridine rings is 1. The summed E-state index contributed by atoms with van der Waals surface area (Å²) in [5.41, 5.74) is 1.97. The van der Waals surface area contributed by atoms with Crippen LogP contribution in [-0.2, 0) is 25.4 Å². The third kappa shape index (κ3) is 7.39. The lowest BCUT2D eigenvalue weighted by atomic mass is 9.43. The number of hydrogen-bond donors (Lipinski definition) is 1. The highest BCUT2D eigenvalue weighted by atomic mass is 16.7. The third-order valence-electron chi connectivity index (χ3n) is 13.4. The van der Waals surface area contributed by atoms with Gasteiger partial charge in [0.05, 0.1) is 13.2 Å². The number of nitrogens with one attached hydrogen (secondary N) is 1. The van der Waals surface area contributed by atoms with Crippen molar-refractivity contribution in [1.29, 1.82) is 0 Å². The van der Waals surface area contributed by atoms with Crippen molar-refractivity contribution >= 4 is 5.97 Å². The van der Waals surface area contributed by atoms with Gasteiger partial charge in [0, 0.05) is 31.5 Å². The summed E-state index contributed by atoms with van der Waals surface area (Å²) >= 11 is 0. The zero-order chi connectivity index (χ0) is 31.2. The highest BCUT2D eigenvalue weighted by Gasteiger charge is 2.63. The van der Waals surface area contributed by atoms with E-state index in [1.165, 1.54) is 89.9 Å². The van der Waals surface area contributed by atoms with Crippen molar-refractivity contribution in [3.05, 3.63) is 30.1 Å². The average Bonchev–Trinajstić information content (AvgIpc) is 3.39. The Balaban J connectivity index is 1.16. The van der Waals surface area contributed by atoms with Gasteiger partial charge < -0.3 is 19.5 Å². The molecule has 0 bridgehead atoms. The SMILES string of the molecule is COCO[C@@H]1C[C@H]2C[C@@H](NCCCCCCc3ccccn3)CC[C@]2(C)[C@H]2CC[C@]3(C)[C@@H]([C@H](C)CCC(=O)OC)CC[C@H]3[C@H]12. The minimum absolute atomic E-state index is 0.0683. The molecule has 4 fully saturated rings. The molecular formula is C38H62N2O4. The predicted molar refractivity (Wildman–Crippen MR) is 176 cm³/mol. The summed E-state index contributed by atoms with van der Waals surface area (Å²) in [5, 5.41) is 3.99. The number of rotatable bonds is 15. The van der Waals surface area contributed by atoms with Crippen LogP contribution in [0.25, 0.3) is 0 Å². The molecule has 5 rings (SSSR count). The van der Waals surface area contributed by atoms with Gasteiger partial charge in [-0.1, -0.05) is 39.7 Å². The second kappa shape index (κ2) is 15.4. The lowest BCUT2D eigenvalue weighted by molar-refractivity contribution is -0.203. The number of methoxy groups -OCH3 is 2. The molecule has 10 atom stereocenters. The lowest BCUT2D eigenvalue weighted by Crippen LogP contribution is -2.60. The molecule has 0 aromatic carbocycles. The summed E-state index contributed by atoms with van der Waals surface area (Å²) in [7, 11) is 3.28. The van der Waals surface area contributed by atoms with Gasteiger partial charge >= 0.3 is 5.97 Å². The maximum absolute atomic E-state index is 11.9. The highest BCUT2D eigenvalue weighted by molar-refractivity contribution is 5.69. The number of carbonyl (C=O) groups excluding carboxylic acids is 1. The molecule has 4 saturated carbocycles. The number of unbranched alkanes of at least 4 members (excludes halogenated alkanes) is 3. The molecule has 6 nitrogen and oxygen atoms in total. The van der Waals surface area contributed by atoms with Gasteiger partial charge in [-0.25, -0.2) is 0 Å². The molecule has 0 radical (unpaired) electrons. The second-order valence-corrected chi connectivity index (χ2v) is 15.6. The van der Waals surface area contributed by atoms with Crippen LogP contribution < -0.4 is 5.32 Å². The maximum Gasteiger partial charge on any atom is 0.305 e. The Morgan fingerprint density at radius 1 is 1.00 bits per heavy atom. The molecule has 0 spiro atoms. The molecule has 1 N–H and O–H groups in total. The first-order chi connectivity index (χ1) is 21.3. The van der Waals surface area contributed by atoms with Gasteiger partial charge in [0.15, 0.2) is 0 Å². The normalized spacial score (nSPS) is 37.1. The van der Waals surface area contributed by atoms with Gasteiger partial charge in [0.2, 0.25) is 0 Å². The standard InChI is InChI=1S/C38H62N2O4/c1-27(14-17-35(41)43-5)31-15-16-32-36-33(19-21-38(31,32)3)37(2)20-18-30(24-28(37)25-34(36)44-26-42-4)40-22-10-7-6-8-12-29-13-9-11-23-39-29/h9,11,13,23,27-28,30-34,36,40H,6-8,10,12,14-22,24-26H2,1-5H3/t27-,28-,30+,31-,32+,33+,34-,36+,37+,38-/m1/s1. The Bertz CT molecular complexity index is 1040. The first-order valence-corrected chi connectivity index (χ1v) is 18.1. The Morgan fingerprint density at radius 2 is 1.80 bits per heavy atom. The topological polar surface area (TPSA) is 69.7 Å². The molecule has 44 heavy (non-hydrogen) atoms. The van der Waals surface area contributed by atoms with Gasteiger partial charge in [-0.3, -0.25) is 9.78 Å². The zero-order valence-corrected chi connectivity index (χ0v) is 28.5. The number of fused-ring (bicyclic) bond motifs is 5. The van der Waals surface area contributed by atoms with E-state index < -0.39 is 0 Å². The maximum atomic E-state index is 11.9. The van der Waals surface area contributed by atoms with Crippen molar-refractivity contribution in [2.75, 3.05) is 27.6 Å². The fraction of sp³-hybridized carbons (Fsp3) is 0.842. The van der Waals surface area contributed by atoms with Crippen molar-refractivity contribution in [2.24, 2.45) is 46.3 Å². The minimum atomic E-state index is -0.0683. The fourth-order valence-electron chi connectivity index (χ4n) is 11.0. The van der Waals surface area contributed by atoms with Crippen LogP contribution in [0, 0.1) is 46.3 Å². The van der Waals surface area contributed by atoms with Crippen LogP contribution in [-0.4, -0.2) is 50.7 Å². The predicted octanol–water partition coefficient (Wildman–Crippen LogP) is 7.99. The van der Waals surface area contributed by atoms with Crippen LogP contribution in [0.1, 0.15) is 116 Å². The van der Waals surface area contributed by atoms with E-state index in [1.54, 1.807) is 7.11 Å². The van der Waals surface area contributed by atoms with Crippen LogP contribution in [0.3, 0.4) is 0 Å². The van der Waals surface area contributed by atoms with Gasteiger partial charge in [-0.2, -0.15) is 0 Å². The van der Waals surface area contributed by atoms with Crippen LogP contribution >= 0.6 is 0 Å². The van der Waals surface area contributed by atoms with Crippen LogP contribution in [0.15, 0.2) is 24.4 Å². The largest absolute Gasteiger partial charge is 0.469 e. The summed E-state index contributed by atoms with van der Waals surface area (Å²) in [4.78, 5) is 16.4. The number of ether oxygens (including phenoxy) is 3. The number of aryl methyl sites for hydroxylation is 1. The molecule has 1 aromatic rings. The monoisotopic (exact) mass is 610 g/mol. The molecule has 0 unspecified atom stereocenters. The van der Waals surface area contributed by atoms with E-state index in [9.17, 15) is 4.79 Å². The number of esters is 1. The van der Waals surface area contributed by atoms with Gasteiger partial charge in [-0.15, -0.1) is 0 Å². The van der Waals surface area contributed by atoms with Gasteiger partial charge in [0.25, 0.3) is 0 Å². The van der Waals surface area contributed by atoms with Crippen LogP contribution in [0.2, 0.25) is 0 Å². The van der Waals surface area contributed by atoms with E-state index in [0.29, 0.717) is 59.9 Å². The van der Waals surface area contributed by atoms with Gasteiger partial charge in [0.1, 0.15) is 6.79 Å². The number of hydrogen-bond acceptors (Lipinski definition) is 6. The Kier molecular flexibility index (Phi) is 11.8. The Labute approximate surface area is 268 Å². The molecule has 1 aromatic heterocycles. The van der Waals surface area contributed by atoms with Crippen molar-refractivity contribution in [3.8, 4) is 0 Å². The summed E-state index contributed by atoms with van der Waals surface area (Å²) in [6, 6.07) is 6.87. The molecule has 1 heterocycles. The number of nitrogens with zero attached hydrogens (tertiary/aromatic N) is 1. The molecule has 6 heteroatoms. The molecule has 0 aliphatic heterocycles. The minimum Gasteiger partial charge on any atom is -0.469 e. The van der Waals surface area contributed by atoms with Gasteiger partial charge in [-0.05, 0) is 142 Å². The van der Waals surface area contributed by atoms with E-state index in [0.717, 1.165) is 31.2 Å².